The summed E-state index contributed by atoms with van der Waals surface area (Å²) < 4.78 is 25.9. The highest BCUT2D eigenvalue weighted by Gasteiger charge is 2.14. The van der Waals surface area contributed by atoms with Crippen LogP contribution in [0.2, 0.25) is 0 Å². The molecule has 3 aromatic rings. The van der Waals surface area contributed by atoms with E-state index in [1.54, 1.807) is 11.7 Å². The van der Waals surface area contributed by atoms with Gasteiger partial charge >= 0.3 is 6.01 Å². The predicted molar refractivity (Wildman–Crippen MR) is 87.3 cm³/mol. The van der Waals surface area contributed by atoms with Crippen molar-refractivity contribution in [1.82, 2.24) is 19.5 Å². The van der Waals surface area contributed by atoms with Gasteiger partial charge in [0.15, 0.2) is 17.0 Å². The lowest BCUT2D eigenvalue weighted by Crippen LogP contribution is -2.09. The maximum Gasteiger partial charge on any atom is 0.320 e. The largest absolute Gasteiger partial charge is 0.461 e. The number of anilines is 1. The Morgan fingerprint density at radius 2 is 2.16 bits per heavy atom. The third kappa shape index (κ3) is 3.49. The number of nitriles is 1. The fourth-order valence-electron chi connectivity index (χ4n) is 2.29. The number of aromatic nitrogens is 4. The van der Waals surface area contributed by atoms with Crippen LogP contribution >= 0.6 is 0 Å². The van der Waals surface area contributed by atoms with Crippen LogP contribution < -0.4 is 10.5 Å². The van der Waals surface area contributed by atoms with E-state index in [4.69, 9.17) is 20.5 Å². The minimum Gasteiger partial charge on any atom is -0.461 e. The van der Waals surface area contributed by atoms with Gasteiger partial charge in [-0.1, -0.05) is 0 Å². The molecule has 0 unspecified atom stereocenters. The van der Waals surface area contributed by atoms with Crippen LogP contribution in [0.15, 0.2) is 24.5 Å². The smallest absolute Gasteiger partial charge is 0.320 e. The molecule has 8 nitrogen and oxygen atoms in total. The quantitative estimate of drug-likeness (QED) is 0.675. The number of rotatable bonds is 6. The molecule has 0 radical (unpaired) electrons. The molecule has 2 aromatic heterocycles. The Balaban J connectivity index is 1.95. The Morgan fingerprint density at radius 3 is 2.92 bits per heavy atom. The van der Waals surface area contributed by atoms with Crippen molar-refractivity contribution in [3.63, 3.8) is 0 Å². The first-order valence-corrected chi connectivity index (χ1v) is 7.41. The number of hydrogen-bond acceptors (Lipinski definition) is 7. The van der Waals surface area contributed by atoms with Crippen LogP contribution in [0.3, 0.4) is 0 Å². The van der Waals surface area contributed by atoms with Crippen molar-refractivity contribution < 1.29 is 13.9 Å². The minimum absolute atomic E-state index is 0.0926. The van der Waals surface area contributed by atoms with E-state index in [1.807, 2.05) is 6.07 Å². The van der Waals surface area contributed by atoms with Crippen LogP contribution in [0.1, 0.15) is 11.1 Å². The van der Waals surface area contributed by atoms with Gasteiger partial charge in [0.1, 0.15) is 12.4 Å². The Labute approximate surface area is 142 Å². The molecule has 0 spiro atoms. The third-order valence-corrected chi connectivity index (χ3v) is 3.50. The van der Waals surface area contributed by atoms with Gasteiger partial charge in [-0.15, -0.1) is 0 Å². The van der Waals surface area contributed by atoms with Gasteiger partial charge in [0.2, 0.25) is 0 Å². The van der Waals surface area contributed by atoms with Crippen molar-refractivity contribution in [3.8, 4) is 12.1 Å². The van der Waals surface area contributed by atoms with E-state index in [-0.39, 0.29) is 25.0 Å². The van der Waals surface area contributed by atoms with Crippen LogP contribution in [0.4, 0.5) is 10.2 Å². The molecular formula is C16H15FN6O2. The van der Waals surface area contributed by atoms with Crippen molar-refractivity contribution in [2.75, 3.05) is 26.1 Å². The lowest BCUT2D eigenvalue weighted by atomic mass is 10.1. The molecule has 3 rings (SSSR count). The van der Waals surface area contributed by atoms with Gasteiger partial charge < -0.3 is 19.8 Å². The number of nitrogens with two attached hydrogens (primary N) is 1. The van der Waals surface area contributed by atoms with Crippen LogP contribution in [0, 0.1) is 17.1 Å². The fraction of sp³-hybridized carbons (Fsp3) is 0.250. The number of methoxy groups -OCH3 is 1. The van der Waals surface area contributed by atoms with Crippen LogP contribution in [0.5, 0.6) is 6.01 Å². The molecule has 0 fully saturated rings. The molecule has 9 heteroatoms. The van der Waals surface area contributed by atoms with E-state index in [1.165, 1.54) is 24.5 Å². The molecule has 2 N–H and O–H groups in total. The SMILES string of the molecule is COCCOc1nc(N)c2ncn(Cc3cc(C#N)ccc3F)c2n1. The topological polar surface area (TPSA) is 112 Å². The van der Waals surface area contributed by atoms with Gasteiger partial charge in [0.05, 0.1) is 31.1 Å². The number of imidazole rings is 1. The number of halogens is 1. The monoisotopic (exact) mass is 342 g/mol. The summed E-state index contributed by atoms with van der Waals surface area (Å²) in [6.45, 7) is 0.799. The predicted octanol–water partition coefficient (Wildman–Crippen LogP) is 1.49. The molecule has 0 aliphatic carbocycles. The number of fused-ring (bicyclic) bond motifs is 1. The second kappa shape index (κ2) is 7.11. The zero-order chi connectivity index (χ0) is 17.8. The zero-order valence-electron chi connectivity index (χ0n) is 13.4. The third-order valence-electron chi connectivity index (χ3n) is 3.50. The Hall–Kier alpha value is -3.25. The first-order chi connectivity index (χ1) is 12.1. The van der Waals surface area contributed by atoms with Crippen LogP contribution in [0.25, 0.3) is 11.2 Å². The van der Waals surface area contributed by atoms with Gasteiger partial charge in [0.25, 0.3) is 0 Å². The molecule has 25 heavy (non-hydrogen) atoms. The average molecular weight is 342 g/mol. The van der Waals surface area contributed by atoms with E-state index in [2.05, 4.69) is 15.0 Å². The Morgan fingerprint density at radius 1 is 1.32 bits per heavy atom. The van der Waals surface area contributed by atoms with Crippen LogP contribution in [-0.2, 0) is 11.3 Å². The van der Waals surface area contributed by atoms with Crippen molar-refractivity contribution in [2.24, 2.45) is 0 Å². The molecule has 0 saturated carbocycles. The highest BCUT2D eigenvalue weighted by Crippen LogP contribution is 2.21. The van der Waals surface area contributed by atoms with Gasteiger partial charge in [0, 0.05) is 12.7 Å². The lowest BCUT2D eigenvalue weighted by Gasteiger charge is -2.08. The van der Waals surface area contributed by atoms with E-state index in [0.29, 0.717) is 28.9 Å². The molecule has 1 aromatic carbocycles. The van der Waals surface area contributed by atoms with E-state index in [9.17, 15) is 4.39 Å². The number of hydrogen-bond donors (Lipinski definition) is 1. The summed E-state index contributed by atoms with van der Waals surface area (Å²) in [7, 11) is 1.56. The molecule has 0 aliphatic rings. The zero-order valence-corrected chi connectivity index (χ0v) is 13.4. The van der Waals surface area contributed by atoms with E-state index >= 15 is 0 Å². The summed E-state index contributed by atoms with van der Waals surface area (Å²) in [5.41, 5.74) is 7.42. The molecule has 2 heterocycles. The summed E-state index contributed by atoms with van der Waals surface area (Å²) in [4.78, 5) is 12.5. The molecule has 0 atom stereocenters. The maximum atomic E-state index is 14.0. The van der Waals surface area contributed by atoms with Crippen molar-refractivity contribution in [1.29, 1.82) is 5.26 Å². The average Bonchev–Trinajstić information content (AvgIpc) is 3.00. The number of nitrogen functional groups attached to an aromatic ring is 1. The van der Waals surface area contributed by atoms with Crippen molar-refractivity contribution in [3.05, 3.63) is 41.5 Å². The maximum absolute atomic E-state index is 14.0. The molecule has 0 aliphatic heterocycles. The fourth-order valence-corrected chi connectivity index (χ4v) is 2.29. The van der Waals surface area contributed by atoms with E-state index < -0.39 is 5.82 Å². The summed E-state index contributed by atoms with van der Waals surface area (Å²) in [6.07, 6.45) is 1.49. The minimum atomic E-state index is -0.417. The van der Waals surface area contributed by atoms with E-state index in [0.717, 1.165) is 0 Å². The second-order valence-corrected chi connectivity index (χ2v) is 5.20. The molecule has 0 saturated heterocycles. The second-order valence-electron chi connectivity index (χ2n) is 5.20. The highest BCUT2D eigenvalue weighted by molar-refractivity contribution is 5.81. The molecular weight excluding hydrogens is 327 g/mol. The number of benzene rings is 1. The molecule has 0 bridgehead atoms. The Kier molecular flexibility index (Phi) is 4.72. The first-order valence-electron chi connectivity index (χ1n) is 7.41. The highest BCUT2D eigenvalue weighted by atomic mass is 19.1. The van der Waals surface area contributed by atoms with Gasteiger partial charge in [-0.2, -0.15) is 15.2 Å². The van der Waals surface area contributed by atoms with Crippen molar-refractivity contribution >= 4 is 17.0 Å². The number of nitrogens with zero attached hydrogens (tertiary/aromatic N) is 5. The summed E-state index contributed by atoms with van der Waals surface area (Å²) in [6, 6.07) is 6.25. The van der Waals surface area contributed by atoms with Gasteiger partial charge in [-0.3, -0.25) is 0 Å². The van der Waals surface area contributed by atoms with Crippen molar-refractivity contribution in [2.45, 2.75) is 6.54 Å². The summed E-state index contributed by atoms with van der Waals surface area (Å²) >= 11 is 0. The van der Waals surface area contributed by atoms with Crippen LogP contribution in [-0.4, -0.2) is 39.8 Å². The normalized spacial score (nSPS) is 10.8. The standard InChI is InChI=1S/C16H15FN6O2/c1-24-4-5-25-16-21-14(19)13-15(22-16)23(9-20-13)8-11-6-10(7-18)2-3-12(11)17/h2-3,6,9H,4-5,8H2,1H3,(H2,19,21,22). The van der Waals surface area contributed by atoms with Gasteiger partial charge in [-0.25, -0.2) is 9.37 Å². The summed E-state index contributed by atoms with van der Waals surface area (Å²) in [5.74, 6) is -0.248. The number of ether oxygens (including phenoxy) is 2. The Bertz CT molecular complexity index is 950. The molecule has 128 valence electrons. The van der Waals surface area contributed by atoms with Gasteiger partial charge in [-0.05, 0) is 18.2 Å². The first kappa shape index (κ1) is 16.6. The summed E-state index contributed by atoms with van der Waals surface area (Å²) in [5, 5.41) is 8.97. The molecule has 0 amide bonds. The lowest BCUT2D eigenvalue weighted by molar-refractivity contribution is 0.141.